The van der Waals surface area contributed by atoms with E-state index >= 15 is 0 Å². The van der Waals surface area contributed by atoms with Gasteiger partial charge in [-0.1, -0.05) is 35.9 Å². The van der Waals surface area contributed by atoms with Crippen molar-refractivity contribution in [3.05, 3.63) is 83.9 Å². The molecule has 1 atom stereocenters. The number of ether oxygens (including phenoxy) is 1. The summed E-state index contributed by atoms with van der Waals surface area (Å²) in [5, 5.41) is 0. The molecule has 1 unspecified atom stereocenters. The van der Waals surface area contributed by atoms with E-state index in [-0.39, 0.29) is 5.97 Å². The number of carbonyl (C=O) groups excluding carboxylic acids is 1. The first-order chi connectivity index (χ1) is 12.6. The summed E-state index contributed by atoms with van der Waals surface area (Å²) in [5.74, 6) is -0.329. The third kappa shape index (κ3) is 7.25. The fourth-order valence-corrected chi connectivity index (χ4v) is 2.34. The summed E-state index contributed by atoms with van der Waals surface area (Å²) in [4.78, 5) is 17.0. The predicted molar refractivity (Wildman–Crippen MR) is 103 cm³/mol. The topological polar surface area (TPSA) is 38.7 Å². The van der Waals surface area contributed by atoms with Gasteiger partial charge in [-0.25, -0.2) is 4.79 Å². The van der Waals surface area contributed by atoms with Crippen LogP contribution in [0.1, 0.15) is 31.4 Å². The average molecular weight is 462 g/mol. The molecule has 2 aromatic rings. The van der Waals surface area contributed by atoms with Crippen molar-refractivity contribution >= 4 is 21.2 Å². The van der Waals surface area contributed by atoms with Crippen LogP contribution in [0.5, 0.6) is 0 Å². The Morgan fingerprint density at radius 1 is 1.23 bits per heavy atom. The zero-order valence-electron chi connectivity index (χ0n) is 14.9. The maximum absolute atomic E-state index is 12.3. The molecule has 0 fully saturated rings. The zero-order valence-corrected chi connectivity index (χ0v) is 17.2. The van der Waals surface area contributed by atoms with E-state index in [1.807, 2.05) is 61.5 Å². The van der Waals surface area contributed by atoms with Crippen LogP contribution in [0.4, 0.5) is 0 Å². The fourth-order valence-electron chi connectivity index (χ4n) is 2.34. The number of hydrogen-bond donors (Lipinski definition) is 0. The first-order valence-corrected chi connectivity index (χ1v) is 10.1. The second-order valence-corrected chi connectivity index (χ2v) is 5.55. The van der Waals surface area contributed by atoms with E-state index < -0.39 is 6.04 Å². The number of aliphatic imine (C=N–C) groups is 1. The van der Waals surface area contributed by atoms with E-state index in [0.29, 0.717) is 13.0 Å². The molecule has 26 heavy (non-hydrogen) atoms. The van der Waals surface area contributed by atoms with Gasteiger partial charge < -0.3 is 9.73 Å². The van der Waals surface area contributed by atoms with Crippen LogP contribution in [0, 0.1) is 6.07 Å². The van der Waals surface area contributed by atoms with Crippen LogP contribution in [0.15, 0.2) is 71.7 Å². The van der Waals surface area contributed by atoms with Crippen LogP contribution in [-0.4, -0.2) is 24.3 Å². The van der Waals surface area contributed by atoms with Gasteiger partial charge in [-0.3, -0.25) is 0 Å². The van der Waals surface area contributed by atoms with Crippen LogP contribution in [0.25, 0.3) is 0 Å². The first-order valence-electron chi connectivity index (χ1n) is 8.15. The first kappa shape index (κ1) is 22.3. The molecule has 0 aliphatic carbocycles. The normalized spacial score (nSPS) is 11.8. The van der Waals surface area contributed by atoms with E-state index in [0.717, 1.165) is 22.4 Å². The van der Waals surface area contributed by atoms with Gasteiger partial charge in [0.2, 0.25) is 0 Å². The number of carbonyl (C=O) groups is 1. The molecular formula is C21H22ClNO2Pd. The van der Waals surface area contributed by atoms with Gasteiger partial charge in [0.05, 0.1) is 6.61 Å². The van der Waals surface area contributed by atoms with Gasteiger partial charge in [-0.2, -0.15) is 0 Å². The molecule has 2 rings (SSSR count). The van der Waals surface area contributed by atoms with Crippen molar-refractivity contribution in [1.29, 1.82) is 0 Å². The molecule has 0 aromatic heterocycles. The van der Waals surface area contributed by atoms with Gasteiger partial charge in [0.15, 0.2) is 0 Å². The molecule has 2 aromatic carbocycles. The molecule has 3 nitrogen and oxygen atoms in total. The van der Waals surface area contributed by atoms with Gasteiger partial charge >= 0.3 is 33.7 Å². The average Bonchev–Trinajstić information content (AvgIpc) is 2.68. The summed E-state index contributed by atoms with van der Waals surface area (Å²) in [5.41, 5.74) is 3.41. The summed E-state index contributed by atoms with van der Waals surface area (Å²) in [6.07, 6.45) is 0.460. The molecule has 0 aliphatic rings. The van der Waals surface area contributed by atoms with Crippen molar-refractivity contribution in [1.82, 2.24) is 0 Å². The van der Waals surface area contributed by atoms with E-state index in [4.69, 9.17) is 9.73 Å². The summed E-state index contributed by atoms with van der Waals surface area (Å²) < 4.78 is 5.18. The number of benzene rings is 2. The van der Waals surface area contributed by atoms with Gasteiger partial charge in [0.25, 0.3) is 0 Å². The molecule has 140 valence electrons. The predicted octanol–water partition coefficient (Wildman–Crippen LogP) is 4.91. The zero-order chi connectivity index (χ0) is 19.4. The Morgan fingerprint density at radius 2 is 1.88 bits per heavy atom. The number of halogens is 1. The molecule has 0 bridgehead atoms. The van der Waals surface area contributed by atoms with Crippen molar-refractivity contribution in [3.8, 4) is 0 Å². The molecule has 0 N–H and O–H groups in total. The molecular weight excluding hydrogens is 440 g/mol. The second kappa shape index (κ2) is 12.6. The number of esters is 1. The molecule has 0 heterocycles. The molecule has 0 radical (unpaired) electrons. The van der Waals surface area contributed by atoms with Crippen LogP contribution >= 0.6 is 9.53 Å². The van der Waals surface area contributed by atoms with E-state index in [2.05, 4.69) is 40.4 Å². The Morgan fingerprint density at radius 3 is 2.42 bits per heavy atom. The summed E-state index contributed by atoms with van der Waals surface area (Å²) >= 11 is 2.22. The Bertz CT molecular complexity index is 676. The Labute approximate surface area is 170 Å². The van der Waals surface area contributed by atoms with E-state index in [1.165, 1.54) is 0 Å². The molecule has 0 amide bonds. The summed E-state index contributed by atoms with van der Waals surface area (Å²) in [6.45, 7) is 7.92. The minimum atomic E-state index is -0.605. The molecule has 5 heteroatoms. The minimum absolute atomic E-state index is 0.329. The van der Waals surface area contributed by atoms with Crippen LogP contribution in [0.3, 0.4) is 0 Å². The van der Waals surface area contributed by atoms with Crippen LogP contribution < -0.4 is 0 Å². The molecule has 0 spiro atoms. The number of rotatable bonds is 7. The summed E-state index contributed by atoms with van der Waals surface area (Å²) in [6, 6.07) is 20.0. The number of hydrogen-bond acceptors (Lipinski definition) is 3. The van der Waals surface area contributed by atoms with Crippen molar-refractivity contribution in [3.63, 3.8) is 0 Å². The molecule has 0 aliphatic heterocycles. The van der Waals surface area contributed by atoms with Gasteiger partial charge in [0.1, 0.15) is 6.04 Å². The van der Waals surface area contributed by atoms with E-state index in [1.54, 1.807) is 6.92 Å². The Kier molecular flexibility index (Phi) is 10.8. The van der Waals surface area contributed by atoms with Crippen LogP contribution in [-0.2, 0) is 27.7 Å². The Balaban J connectivity index is 0.00000163. The van der Waals surface area contributed by atoms with Crippen molar-refractivity contribution in [2.24, 2.45) is 4.99 Å². The summed E-state index contributed by atoms with van der Waals surface area (Å²) in [7, 11) is 4.49. The molecule has 0 saturated carbocycles. The van der Waals surface area contributed by atoms with Gasteiger partial charge in [-0.05, 0) is 31.5 Å². The number of nitrogens with zero attached hydrogens (tertiary/aromatic N) is 1. The quantitative estimate of drug-likeness (QED) is 0.193. The third-order valence-electron chi connectivity index (χ3n) is 3.40. The monoisotopic (exact) mass is 461 g/mol. The molecule has 0 saturated heterocycles. The Hall–Kier alpha value is -1.73. The standard InChI is InChI=1S/C21H22NO2.ClH.Pd/c1-4-24-21(23)19(15-16(2)3)22-20(17-11-7-5-8-12-17)18-13-9-6-10-14-18;;/h5-13,19H,2,4,15H2,1,3H3;1H;/q-1;;+2/p-1. The van der Waals surface area contributed by atoms with E-state index in [9.17, 15) is 4.79 Å². The third-order valence-corrected chi connectivity index (χ3v) is 3.40. The van der Waals surface area contributed by atoms with Crippen molar-refractivity contribution in [2.75, 3.05) is 6.61 Å². The van der Waals surface area contributed by atoms with Gasteiger partial charge in [-0.15, -0.1) is 42.5 Å². The fraction of sp³-hybridized carbons (Fsp3) is 0.238. The SMILES string of the molecule is C=C(C)CC(N=C(c1[c-]cccc1)c1ccccc1)C(=O)OCC.[Cl][Pd+]. The second-order valence-electron chi connectivity index (χ2n) is 5.55. The van der Waals surface area contributed by atoms with Crippen molar-refractivity contribution in [2.45, 2.75) is 26.3 Å². The van der Waals surface area contributed by atoms with Crippen molar-refractivity contribution < 1.29 is 27.7 Å². The maximum atomic E-state index is 12.3. The van der Waals surface area contributed by atoms with Gasteiger partial charge in [0, 0.05) is 0 Å². The van der Waals surface area contributed by atoms with Crippen LogP contribution in [0.2, 0.25) is 0 Å².